The second-order valence-electron chi connectivity index (χ2n) is 5.89. The van der Waals surface area contributed by atoms with Crippen LogP contribution in [0.1, 0.15) is 15.9 Å². The number of carbonyl (C=O) groups excluding carboxylic acids is 1. The first-order valence-electron chi connectivity index (χ1n) is 8.63. The quantitative estimate of drug-likeness (QED) is 0.804. The molecule has 0 spiro atoms. The van der Waals surface area contributed by atoms with Crippen molar-refractivity contribution in [3.05, 3.63) is 41.5 Å². The van der Waals surface area contributed by atoms with Gasteiger partial charge in [-0.3, -0.25) is 4.79 Å². The fourth-order valence-electron chi connectivity index (χ4n) is 2.87. The Morgan fingerprint density at radius 2 is 1.59 bits per heavy atom. The maximum absolute atomic E-state index is 12.6. The maximum Gasteiger partial charge on any atom is 0.255 e. The molecule has 7 nitrogen and oxygen atoms in total. The first-order chi connectivity index (χ1) is 13.2. The number of fused-ring (bicyclic) bond motifs is 1. The summed E-state index contributed by atoms with van der Waals surface area (Å²) in [7, 11) is 4.56. The average Bonchev–Trinajstić information content (AvgIpc) is 2.72. The summed E-state index contributed by atoms with van der Waals surface area (Å²) in [5, 5.41) is 2.90. The van der Waals surface area contributed by atoms with E-state index in [1.807, 2.05) is 18.2 Å². The molecular weight excluding hydrogens is 350 g/mol. The Balaban J connectivity index is 1.65. The Morgan fingerprint density at radius 3 is 2.30 bits per heavy atom. The highest BCUT2D eigenvalue weighted by atomic mass is 16.6. The lowest BCUT2D eigenvalue weighted by Gasteiger charge is -2.19. The molecule has 1 amide bonds. The van der Waals surface area contributed by atoms with E-state index in [0.29, 0.717) is 49.0 Å². The molecule has 2 aromatic rings. The number of benzene rings is 2. The van der Waals surface area contributed by atoms with Gasteiger partial charge in [-0.2, -0.15) is 0 Å². The summed E-state index contributed by atoms with van der Waals surface area (Å²) in [5.74, 6) is 2.64. The molecule has 1 N–H and O–H groups in total. The molecule has 0 bridgehead atoms. The van der Waals surface area contributed by atoms with E-state index in [2.05, 4.69) is 5.32 Å². The minimum atomic E-state index is -0.245. The van der Waals surface area contributed by atoms with Crippen LogP contribution in [-0.4, -0.2) is 47.0 Å². The molecule has 144 valence electrons. The van der Waals surface area contributed by atoms with E-state index in [1.165, 1.54) is 21.3 Å². The monoisotopic (exact) mass is 373 g/mol. The molecule has 0 fully saturated rings. The normalized spacial score (nSPS) is 12.3. The molecule has 1 heterocycles. The summed E-state index contributed by atoms with van der Waals surface area (Å²) in [4.78, 5) is 12.6. The second-order valence-corrected chi connectivity index (χ2v) is 5.89. The fourth-order valence-corrected chi connectivity index (χ4v) is 2.87. The van der Waals surface area contributed by atoms with Crippen LogP contribution in [0.3, 0.4) is 0 Å². The Bertz CT molecular complexity index is 820. The molecule has 0 aliphatic carbocycles. The van der Waals surface area contributed by atoms with Crippen LogP contribution in [0.2, 0.25) is 0 Å². The first kappa shape index (κ1) is 18.7. The predicted molar refractivity (Wildman–Crippen MR) is 99.6 cm³/mol. The third-order valence-corrected chi connectivity index (χ3v) is 4.26. The van der Waals surface area contributed by atoms with Gasteiger partial charge in [-0.05, 0) is 24.1 Å². The van der Waals surface area contributed by atoms with E-state index < -0.39 is 0 Å². The third kappa shape index (κ3) is 4.19. The predicted octanol–water partition coefficient (Wildman–Crippen LogP) is 2.46. The summed E-state index contributed by atoms with van der Waals surface area (Å²) >= 11 is 0. The fraction of sp³-hybridized carbons (Fsp3) is 0.350. The van der Waals surface area contributed by atoms with Crippen molar-refractivity contribution >= 4 is 5.91 Å². The molecule has 0 unspecified atom stereocenters. The van der Waals surface area contributed by atoms with E-state index in [1.54, 1.807) is 12.1 Å². The highest BCUT2D eigenvalue weighted by Crippen LogP contribution is 2.34. The van der Waals surface area contributed by atoms with E-state index in [4.69, 9.17) is 23.7 Å². The lowest BCUT2D eigenvalue weighted by atomic mass is 10.1. The number of nitrogens with one attached hydrogen (secondary N) is 1. The van der Waals surface area contributed by atoms with Gasteiger partial charge in [0, 0.05) is 18.7 Å². The van der Waals surface area contributed by atoms with Gasteiger partial charge in [0.25, 0.3) is 5.91 Å². The first-order valence-corrected chi connectivity index (χ1v) is 8.63. The highest BCUT2D eigenvalue weighted by molar-refractivity contribution is 5.97. The van der Waals surface area contributed by atoms with Crippen molar-refractivity contribution in [1.82, 2.24) is 5.32 Å². The number of carbonyl (C=O) groups is 1. The zero-order chi connectivity index (χ0) is 19.2. The van der Waals surface area contributed by atoms with Crippen molar-refractivity contribution in [3.8, 4) is 28.7 Å². The zero-order valence-electron chi connectivity index (χ0n) is 15.7. The lowest BCUT2D eigenvalue weighted by Crippen LogP contribution is -2.26. The van der Waals surface area contributed by atoms with Gasteiger partial charge < -0.3 is 29.0 Å². The second kappa shape index (κ2) is 8.53. The molecule has 3 rings (SSSR count). The van der Waals surface area contributed by atoms with Crippen molar-refractivity contribution in [2.75, 3.05) is 41.1 Å². The van der Waals surface area contributed by atoms with E-state index >= 15 is 0 Å². The van der Waals surface area contributed by atoms with Crippen LogP contribution < -0.4 is 29.0 Å². The summed E-state index contributed by atoms with van der Waals surface area (Å²) in [6.45, 7) is 1.58. The number of hydrogen-bond acceptors (Lipinski definition) is 6. The Morgan fingerprint density at radius 1 is 0.926 bits per heavy atom. The molecule has 0 atom stereocenters. The van der Waals surface area contributed by atoms with Crippen LogP contribution in [0, 0.1) is 0 Å². The topological polar surface area (TPSA) is 75.3 Å². The number of rotatable bonds is 7. The molecule has 0 saturated heterocycles. The largest absolute Gasteiger partial charge is 0.496 e. The highest BCUT2D eigenvalue weighted by Gasteiger charge is 2.18. The average molecular weight is 373 g/mol. The van der Waals surface area contributed by atoms with Crippen LogP contribution in [0.25, 0.3) is 0 Å². The van der Waals surface area contributed by atoms with Gasteiger partial charge in [-0.1, -0.05) is 6.07 Å². The number of methoxy groups -OCH3 is 3. The molecule has 7 heteroatoms. The SMILES string of the molecule is COc1cc(OC)c(C(=O)NCCc2ccc3c(c2)OCCO3)cc1OC. The van der Waals surface area contributed by atoms with Crippen molar-refractivity contribution in [2.45, 2.75) is 6.42 Å². The summed E-state index contributed by atoms with van der Waals surface area (Å²) in [6.07, 6.45) is 0.665. The lowest BCUT2D eigenvalue weighted by molar-refractivity contribution is 0.0950. The van der Waals surface area contributed by atoms with Crippen LogP contribution >= 0.6 is 0 Å². The van der Waals surface area contributed by atoms with Gasteiger partial charge in [0.05, 0.1) is 26.9 Å². The molecule has 0 radical (unpaired) electrons. The van der Waals surface area contributed by atoms with Crippen molar-refractivity contribution in [3.63, 3.8) is 0 Å². The number of hydrogen-bond donors (Lipinski definition) is 1. The van der Waals surface area contributed by atoms with E-state index in [-0.39, 0.29) is 5.91 Å². The smallest absolute Gasteiger partial charge is 0.255 e. The van der Waals surface area contributed by atoms with Crippen molar-refractivity contribution in [2.24, 2.45) is 0 Å². The standard InChI is InChI=1S/C20H23NO6/c1-23-16-12-18(25-3)17(24-2)11-14(16)20(22)21-7-6-13-4-5-15-19(10-13)27-9-8-26-15/h4-5,10-12H,6-9H2,1-3H3,(H,21,22). The van der Waals surface area contributed by atoms with Gasteiger partial charge in [-0.15, -0.1) is 0 Å². The van der Waals surface area contributed by atoms with E-state index in [9.17, 15) is 4.79 Å². The summed E-state index contributed by atoms with van der Waals surface area (Å²) in [5.41, 5.74) is 1.44. The van der Waals surface area contributed by atoms with Gasteiger partial charge >= 0.3 is 0 Å². The van der Waals surface area contributed by atoms with Crippen LogP contribution in [-0.2, 0) is 6.42 Å². The van der Waals surface area contributed by atoms with Gasteiger partial charge in [0.2, 0.25) is 0 Å². The van der Waals surface area contributed by atoms with Crippen molar-refractivity contribution in [1.29, 1.82) is 0 Å². The van der Waals surface area contributed by atoms with Gasteiger partial charge in [0.15, 0.2) is 23.0 Å². The molecule has 1 aliphatic heterocycles. The Labute approximate surface area is 158 Å². The van der Waals surface area contributed by atoms with E-state index in [0.717, 1.165) is 17.1 Å². The Kier molecular flexibility index (Phi) is 5.90. The van der Waals surface area contributed by atoms with Gasteiger partial charge in [0.1, 0.15) is 19.0 Å². The van der Waals surface area contributed by atoms with Crippen LogP contribution in [0.4, 0.5) is 0 Å². The molecule has 0 aromatic heterocycles. The van der Waals surface area contributed by atoms with Gasteiger partial charge in [-0.25, -0.2) is 0 Å². The zero-order valence-corrected chi connectivity index (χ0v) is 15.7. The van der Waals surface area contributed by atoms with Crippen LogP contribution in [0.5, 0.6) is 28.7 Å². The summed E-state index contributed by atoms with van der Waals surface area (Å²) < 4.78 is 26.9. The molecular formula is C20H23NO6. The molecule has 1 aliphatic rings. The minimum absolute atomic E-state index is 0.245. The molecule has 2 aromatic carbocycles. The minimum Gasteiger partial charge on any atom is -0.496 e. The van der Waals surface area contributed by atoms with Crippen LogP contribution in [0.15, 0.2) is 30.3 Å². The molecule has 0 saturated carbocycles. The number of ether oxygens (including phenoxy) is 5. The van der Waals surface area contributed by atoms with Crippen molar-refractivity contribution < 1.29 is 28.5 Å². The third-order valence-electron chi connectivity index (χ3n) is 4.26. The molecule has 27 heavy (non-hydrogen) atoms. The Hall–Kier alpha value is -3.09. The number of amides is 1. The maximum atomic E-state index is 12.6. The summed E-state index contributed by atoms with van der Waals surface area (Å²) in [6, 6.07) is 9.04.